The van der Waals surface area contributed by atoms with Crippen molar-refractivity contribution in [3.8, 4) is 11.5 Å². The van der Waals surface area contributed by atoms with Crippen LogP contribution in [0.15, 0.2) is 46.9 Å². The Morgan fingerprint density at radius 2 is 1.60 bits per heavy atom. The second kappa shape index (κ2) is 14.5. The van der Waals surface area contributed by atoms with Crippen LogP contribution in [0.5, 0.6) is 11.5 Å². The van der Waals surface area contributed by atoms with Crippen LogP contribution in [0, 0.1) is 6.92 Å². The van der Waals surface area contributed by atoms with Gasteiger partial charge in [-0.3, -0.25) is 9.80 Å². The van der Waals surface area contributed by atoms with E-state index in [1.807, 2.05) is 70.2 Å². The van der Waals surface area contributed by atoms with Gasteiger partial charge in [-0.25, -0.2) is 0 Å². The van der Waals surface area contributed by atoms with Crippen LogP contribution in [0.3, 0.4) is 0 Å². The second-order valence-corrected chi connectivity index (χ2v) is 12.3. The van der Waals surface area contributed by atoms with Gasteiger partial charge in [0.25, 0.3) is 0 Å². The van der Waals surface area contributed by atoms with Crippen LogP contribution >= 0.6 is 15.9 Å². The number of β-amino-alcohol motifs (C(OH)–C–C–N with tert-alkyl or cyclic N) is 2. The zero-order valence-corrected chi connectivity index (χ0v) is 25.8. The second-order valence-electron chi connectivity index (χ2n) is 11.5. The topological polar surface area (TPSA) is 83.9 Å². The van der Waals surface area contributed by atoms with Crippen LogP contribution in [0.2, 0.25) is 0 Å². The standard InChI is InChI=1S/C17H26BNO4.C13H18BrNO2/c1-13-17(2,3)23-18(22-13)14-5-4-6-16(11-14)21-10-9-19-8-7-15(20)12-19;1-10-12(14)3-2-4-13(10)17-8-7-15-6-5-11(16)9-15/h4-6,11,13,15,20H,7-10,12H2,1-3H3;2-4,11,16H,5-9H2,1H3/t13?,15-;11-/m00/s1. The predicted octanol–water partition coefficient (Wildman–Crippen LogP) is 3.24. The van der Waals surface area contributed by atoms with Crippen molar-refractivity contribution in [1.29, 1.82) is 0 Å². The highest BCUT2D eigenvalue weighted by molar-refractivity contribution is 9.10. The molecule has 2 aromatic carbocycles. The van der Waals surface area contributed by atoms with E-state index in [9.17, 15) is 10.2 Å². The lowest BCUT2D eigenvalue weighted by Crippen LogP contribution is -2.34. The van der Waals surface area contributed by atoms with E-state index < -0.39 is 0 Å². The Labute approximate surface area is 247 Å². The number of hydrogen-bond acceptors (Lipinski definition) is 8. The highest BCUT2D eigenvalue weighted by Crippen LogP contribution is 2.27. The molecule has 40 heavy (non-hydrogen) atoms. The molecule has 0 aromatic heterocycles. The molecule has 220 valence electrons. The molecule has 8 nitrogen and oxygen atoms in total. The number of likely N-dealkylation sites (tertiary alicyclic amines) is 2. The number of halogens is 1. The van der Waals surface area contributed by atoms with E-state index in [-0.39, 0.29) is 31.0 Å². The maximum atomic E-state index is 9.53. The van der Waals surface area contributed by atoms with Crippen molar-refractivity contribution in [2.45, 2.75) is 64.4 Å². The fourth-order valence-corrected chi connectivity index (χ4v) is 5.35. The molecule has 5 rings (SSSR count). The Balaban J connectivity index is 0.000000194. The molecule has 1 unspecified atom stereocenters. The van der Waals surface area contributed by atoms with E-state index in [2.05, 4.69) is 25.7 Å². The molecule has 3 aliphatic heterocycles. The Hall–Kier alpha value is -1.66. The summed E-state index contributed by atoms with van der Waals surface area (Å²) < 4.78 is 24.6. The third-order valence-electron chi connectivity index (χ3n) is 7.90. The highest BCUT2D eigenvalue weighted by Gasteiger charge is 2.43. The van der Waals surface area contributed by atoms with E-state index >= 15 is 0 Å². The molecule has 2 N–H and O–H groups in total. The molecule has 3 aliphatic rings. The van der Waals surface area contributed by atoms with E-state index in [0.717, 1.165) is 79.1 Å². The van der Waals surface area contributed by atoms with Gasteiger partial charge < -0.3 is 29.0 Å². The summed E-state index contributed by atoms with van der Waals surface area (Å²) >= 11 is 3.49. The van der Waals surface area contributed by atoms with Crippen LogP contribution < -0.4 is 14.9 Å². The van der Waals surface area contributed by atoms with Gasteiger partial charge in [0.15, 0.2) is 0 Å². The largest absolute Gasteiger partial charge is 0.494 e. The number of benzene rings is 2. The van der Waals surface area contributed by atoms with Crippen molar-refractivity contribution in [3.63, 3.8) is 0 Å². The number of aliphatic hydroxyl groups is 2. The van der Waals surface area contributed by atoms with E-state index in [0.29, 0.717) is 13.2 Å². The van der Waals surface area contributed by atoms with Gasteiger partial charge in [-0.15, -0.1) is 0 Å². The first-order valence-corrected chi connectivity index (χ1v) is 15.1. The minimum absolute atomic E-state index is 0.0543. The van der Waals surface area contributed by atoms with Crippen LogP contribution in [-0.2, 0) is 9.31 Å². The first kappa shape index (κ1) is 31.3. The van der Waals surface area contributed by atoms with E-state index in [4.69, 9.17) is 18.8 Å². The van der Waals surface area contributed by atoms with Gasteiger partial charge in [-0.2, -0.15) is 0 Å². The predicted molar refractivity (Wildman–Crippen MR) is 162 cm³/mol. The molecule has 10 heteroatoms. The Bertz CT molecular complexity index is 1090. The summed E-state index contributed by atoms with van der Waals surface area (Å²) in [4.78, 5) is 4.46. The first-order chi connectivity index (χ1) is 19.1. The van der Waals surface area contributed by atoms with Gasteiger partial charge in [-0.05, 0) is 70.3 Å². The first-order valence-electron chi connectivity index (χ1n) is 14.4. The third-order valence-corrected chi connectivity index (χ3v) is 8.76. The number of aliphatic hydroxyl groups excluding tert-OH is 2. The normalized spacial score (nSPS) is 24.7. The zero-order valence-electron chi connectivity index (χ0n) is 24.2. The van der Waals surface area contributed by atoms with Crippen molar-refractivity contribution >= 4 is 28.5 Å². The molecular formula is C30H44BBrN2O6. The van der Waals surface area contributed by atoms with E-state index in [1.165, 1.54) is 0 Å². The van der Waals surface area contributed by atoms with Crippen LogP contribution in [0.25, 0.3) is 0 Å². The van der Waals surface area contributed by atoms with Gasteiger partial charge >= 0.3 is 7.12 Å². The quantitative estimate of drug-likeness (QED) is 0.415. The number of rotatable bonds is 9. The molecule has 0 aliphatic carbocycles. The minimum Gasteiger partial charge on any atom is -0.492 e. The van der Waals surface area contributed by atoms with Crippen LogP contribution in [0.1, 0.15) is 39.2 Å². The molecule has 0 radical (unpaired) electrons. The van der Waals surface area contributed by atoms with Crippen LogP contribution in [-0.4, -0.2) is 104 Å². The van der Waals surface area contributed by atoms with E-state index in [1.54, 1.807) is 0 Å². The van der Waals surface area contributed by atoms with Crippen molar-refractivity contribution in [1.82, 2.24) is 9.80 Å². The third kappa shape index (κ3) is 8.92. The zero-order chi connectivity index (χ0) is 28.7. The average Bonchev–Trinajstić information content (AvgIpc) is 3.60. The molecule has 3 saturated heterocycles. The maximum Gasteiger partial charge on any atom is 0.494 e. The summed E-state index contributed by atoms with van der Waals surface area (Å²) in [5.41, 5.74) is 1.84. The fourth-order valence-electron chi connectivity index (χ4n) is 5.00. The smallest absolute Gasteiger partial charge is 0.492 e. The molecule has 0 spiro atoms. The molecular weight excluding hydrogens is 575 g/mol. The van der Waals surface area contributed by atoms with Gasteiger partial charge in [-0.1, -0.05) is 34.1 Å². The molecule has 0 amide bonds. The molecule has 2 aromatic rings. The average molecular weight is 619 g/mol. The van der Waals surface area contributed by atoms with Gasteiger partial charge in [0.1, 0.15) is 24.7 Å². The van der Waals surface area contributed by atoms with Crippen molar-refractivity contribution in [2.75, 3.05) is 52.5 Å². The molecule has 3 fully saturated rings. The molecule has 3 atom stereocenters. The minimum atomic E-state index is -0.336. The number of nitrogens with zero attached hydrogens (tertiary/aromatic N) is 2. The van der Waals surface area contributed by atoms with Gasteiger partial charge in [0.2, 0.25) is 0 Å². The molecule has 0 saturated carbocycles. The van der Waals surface area contributed by atoms with Crippen molar-refractivity contribution in [2.24, 2.45) is 0 Å². The monoisotopic (exact) mass is 618 g/mol. The summed E-state index contributed by atoms with van der Waals surface area (Å²) in [5, 5.41) is 18.9. The summed E-state index contributed by atoms with van der Waals surface area (Å²) in [6.07, 6.45) is 1.47. The van der Waals surface area contributed by atoms with Crippen LogP contribution in [0.4, 0.5) is 0 Å². The molecule has 3 heterocycles. The van der Waals surface area contributed by atoms with Crippen molar-refractivity contribution < 1.29 is 29.0 Å². The maximum absolute atomic E-state index is 9.53. The SMILES string of the molecule is CC1OB(c2cccc(OCCN3CC[C@H](O)C3)c2)OC1(C)C.Cc1c(Br)cccc1OCCN1CC[C@H](O)C1. The lowest BCUT2D eigenvalue weighted by atomic mass is 9.79. The Kier molecular flexibility index (Phi) is 11.3. The molecule has 0 bridgehead atoms. The lowest BCUT2D eigenvalue weighted by Gasteiger charge is -2.21. The fraction of sp³-hybridized carbons (Fsp3) is 0.600. The summed E-state index contributed by atoms with van der Waals surface area (Å²) in [6, 6.07) is 13.9. The summed E-state index contributed by atoms with van der Waals surface area (Å²) in [6.45, 7) is 14.6. The summed E-state index contributed by atoms with van der Waals surface area (Å²) in [5.74, 6) is 1.76. The van der Waals surface area contributed by atoms with Gasteiger partial charge in [0, 0.05) is 49.3 Å². The highest BCUT2D eigenvalue weighted by atomic mass is 79.9. The number of hydrogen-bond donors (Lipinski definition) is 2. The number of ether oxygens (including phenoxy) is 2. The summed E-state index contributed by atoms with van der Waals surface area (Å²) in [7, 11) is -0.336. The Morgan fingerprint density at radius 1 is 0.975 bits per heavy atom. The van der Waals surface area contributed by atoms with Crippen molar-refractivity contribution in [3.05, 3.63) is 52.5 Å². The lowest BCUT2D eigenvalue weighted by molar-refractivity contribution is 0.0842. The Morgan fingerprint density at radius 3 is 2.17 bits per heavy atom. The van der Waals surface area contributed by atoms with Gasteiger partial charge in [0.05, 0.1) is 23.9 Å².